The summed E-state index contributed by atoms with van der Waals surface area (Å²) in [6.07, 6.45) is 2.88. The summed E-state index contributed by atoms with van der Waals surface area (Å²) in [4.78, 5) is 0.237. The molecule has 2 aromatic carbocycles. The lowest BCUT2D eigenvalue weighted by molar-refractivity contribution is 0.0557. The summed E-state index contributed by atoms with van der Waals surface area (Å²) in [7, 11) is 0. The fourth-order valence-electron chi connectivity index (χ4n) is 3.18. The number of halogens is 1. The summed E-state index contributed by atoms with van der Waals surface area (Å²) in [6, 6.07) is 14.6. The average Bonchev–Trinajstić information content (AvgIpc) is 3.09. The normalized spacial score (nSPS) is 23.9. The standard InChI is InChI=1S/C18H17BrO2/c1-11-6-8-17(20-11)18(19)12-7-9-16-14(10-12)13-4-2-3-5-15(13)21-16/h2-5,7,9-11,17-18H,6,8H2,1H3. The Morgan fingerprint density at radius 2 is 1.86 bits per heavy atom. The number of fused-ring (bicyclic) bond motifs is 3. The first-order valence-electron chi connectivity index (χ1n) is 7.43. The van der Waals surface area contributed by atoms with E-state index in [-0.39, 0.29) is 10.9 Å². The molecule has 1 saturated heterocycles. The van der Waals surface area contributed by atoms with Gasteiger partial charge in [0.05, 0.1) is 17.0 Å². The van der Waals surface area contributed by atoms with Gasteiger partial charge in [0.2, 0.25) is 0 Å². The summed E-state index contributed by atoms with van der Waals surface area (Å²) in [5.74, 6) is 0. The first-order valence-corrected chi connectivity index (χ1v) is 8.34. The third-order valence-corrected chi connectivity index (χ3v) is 5.43. The first kappa shape index (κ1) is 13.4. The van der Waals surface area contributed by atoms with Gasteiger partial charge in [0.15, 0.2) is 0 Å². The van der Waals surface area contributed by atoms with Gasteiger partial charge in [-0.3, -0.25) is 0 Å². The van der Waals surface area contributed by atoms with Crippen LogP contribution in [0.1, 0.15) is 30.2 Å². The Morgan fingerprint density at radius 3 is 2.67 bits per heavy atom. The number of hydrogen-bond donors (Lipinski definition) is 0. The Morgan fingerprint density at radius 1 is 1.05 bits per heavy atom. The van der Waals surface area contributed by atoms with Gasteiger partial charge in [-0.2, -0.15) is 0 Å². The van der Waals surface area contributed by atoms with Crippen molar-refractivity contribution in [2.24, 2.45) is 0 Å². The van der Waals surface area contributed by atoms with E-state index in [1.54, 1.807) is 0 Å². The number of hydrogen-bond acceptors (Lipinski definition) is 2. The zero-order chi connectivity index (χ0) is 14.4. The van der Waals surface area contributed by atoms with Crippen molar-refractivity contribution < 1.29 is 9.15 Å². The van der Waals surface area contributed by atoms with Crippen molar-refractivity contribution in [2.45, 2.75) is 36.8 Å². The Labute approximate surface area is 132 Å². The quantitative estimate of drug-likeness (QED) is 0.565. The molecule has 0 saturated carbocycles. The van der Waals surface area contributed by atoms with Crippen molar-refractivity contribution in [1.29, 1.82) is 0 Å². The van der Waals surface area contributed by atoms with Gasteiger partial charge in [0, 0.05) is 10.8 Å². The number of rotatable bonds is 2. The predicted molar refractivity (Wildman–Crippen MR) is 89.0 cm³/mol. The average molecular weight is 345 g/mol. The molecule has 3 atom stereocenters. The van der Waals surface area contributed by atoms with E-state index in [1.165, 1.54) is 16.3 Å². The van der Waals surface area contributed by atoms with E-state index >= 15 is 0 Å². The van der Waals surface area contributed by atoms with E-state index < -0.39 is 0 Å². The van der Waals surface area contributed by atoms with Crippen LogP contribution in [0.3, 0.4) is 0 Å². The molecular formula is C18H17BrO2. The fourth-order valence-corrected chi connectivity index (χ4v) is 3.85. The summed E-state index contributed by atoms with van der Waals surface area (Å²) < 4.78 is 11.9. The molecule has 3 unspecified atom stereocenters. The molecule has 0 N–H and O–H groups in total. The lowest BCUT2D eigenvalue weighted by Crippen LogP contribution is -2.14. The minimum atomic E-state index is 0.237. The highest BCUT2D eigenvalue weighted by molar-refractivity contribution is 9.09. The van der Waals surface area contributed by atoms with Gasteiger partial charge < -0.3 is 9.15 Å². The molecule has 2 nitrogen and oxygen atoms in total. The van der Waals surface area contributed by atoms with Gasteiger partial charge in [0.25, 0.3) is 0 Å². The van der Waals surface area contributed by atoms with Crippen LogP contribution < -0.4 is 0 Å². The molecule has 108 valence electrons. The van der Waals surface area contributed by atoms with Crippen molar-refractivity contribution in [1.82, 2.24) is 0 Å². The zero-order valence-electron chi connectivity index (χ0n) is 11.9. The third-order valence-electron chi connectivity index (χ3n) is 4.31. The highest BCUT2D eigenvalue weighted by Crippen LogP contribution is 2.38. The van der Waals surface area contributed by atoms with Crippen LogP contribution >= 0.6 is 15.9 Å². The monoisotopic (exact) mass is 344 g/mol. The molecule has 1 fully saturated rings. The van der Waals surface area contributed by atoms with Gasteiger partial charge in [-0.25, -0.2) is 0 Å². The van der Waals surface area contributed by atoms with Crippen molar-refractivity contribution in [2.75, 3.05) is 0 Å². The molecule has 0 bridgehead atoms. The van der Waals surface area contributed by atoms with Crippen LogP contribution in [0.5, 0.6) is 0 Å². The molecule has 1 aliphatic rings. The van der Waals surface area contributed by atoms with Crippen LogP contribution in [-0.4, -0.2) is 12.2 Å². The molecule has 1 aromatic heterocycles. The molecule has 2 heterocycles. The van der Waals surface area contributed by atoms with E-state index in [0.717, 1.165) is 24.0 Å². The molecule has 0 amide bonds. The first-order chi connectivity index (χ1) is 10.2. The van der Waals surface area contributed by atoms with Crippen LogP contribution in [0.4, 0.5) is 0 Å². The summed E-state index contributed by atoms with van der Waals surface area (Å²) in [6.45, 7) is 2.15. The third kappa shape index (κ3) is 2.29. The largest absolute Gasteiger partial charge is 0.456 e. The van der Waals surface area contributed by atoms with Crippen LogP contribution in [0.25, 0.3) is 21.9 Å². The molecule has 0 spiro atoms. The van der Waals surface area contributed by atoms with E-state index in [4.69, 9.17) is 9.15 Å². The second-order valence-corrected chi connectivity index (χ2v) is 6.80. The Kier molecular flexibility index (Phi) is 3.27. The molecule has 3 aromatic rings. The number of para-hydroxylation sites is 1. The molecule has 4 rings (SSSR count). The van der Waals surface area contributed by atoms with E-state index in [1.807, 2.05) is 12.1 Å². The van der Waals surface area contributed by atoms with Crippen LogP contribution in [0.2, 0.25) is 0 Å². The van der Waals surface area contributed by atoms with Crippen LogP contribution in [0, 0.1) is 0 Å². The number of furan rings is 1. The smallest absolute Gasteiger partial charge is 0.135 e. The topological polar surface area (TPSA) is 22.4 Å². The van der Waals surface area contributed by atoms with Gasteiger partial charge in [-0.1, -0.05) is 40.2 Å². The minimum Gasteiger partial charge on any atom is -0.456 e. The van der Waals surface area contributed by atoms with E-state index in [2.05, 4.69) is 53.2 Å². The molecule has 21 heavy (non-hydrogen) atoms. The van der Waals surface area contributed by atoms with Gasteiger partial charge in [0.1, 0.15) is 11.2 Å². The maximum absolute atomic E-state index is 5.99. The lowest BCUT2D eigenvalue weighted by atomic mass is 10.0. The summed E-state index contributed by atoms with van der Waals surface area (Å²) in [5.41, 5.74) is 3.15. The highest BCUT2D eigenvalue weighted by Gasteiger charge is 2.29. The van der Waals surface area contributed by atoms with E-state index in [9.17, 15) is 0 Å². The molecule has 0 radical (unpaired) electrons. The molecule has 3 heteroatoms. The fraction of sp³-hybridized carbons (Fsp3) is 0.333. The summed E-state index contributed by atoms with van der Waals surface area (Å²) in [5, 5.41) is 2.35. The van der Waals surface area contributed by atoms with Gasteiger partial charge in [-0.15, -0.1) is 0 Å². The minimum absolute atomic E-state index is 0.237. The highest BCUT2D eigenvalue weighted by atomic mass is 79.9. The predicted octanol–water partition coefficient (Wildman–Crippen LogP) is 5.59. The molecular weight excluding hydrogens is 328 g/mol. The number of ether oxygens (including phenoxy) is 1. The Hall–Kier alpha value is -1.32. The molecule has 0 aliphatic carbocycles. The zero-order valence-corrected chi connectivity index (χ0v) is 13.5. The van der Waals surface area contributed by atoms with Crippen LogP contribution in [0.15, 0.2) is 46.9 Å². The second-order valence-electron chi connectivity index (χ2n) is 5.82. The van der Waals surface area contributed by atoms with Gasteiger partial charge >= 0.3 is 0 Å². The number of alkyl halides is 1. The number of benzene rings is 2. The van der Waals surface area contributed by atoms with E-state index in [0.29, 0.717) is 6.10 Å². The second kappa shape index (κ2) is 5.15. The van der Waals surface area contributed by atoms with Gasteiger partial charge in [-0.05, 0) is 43.5 Å². The Balaban J connectivity index is 1.77. The van der Waals surface area contributed by atoms with Crippen molar-refractivity contribution >= 4 is 37.9 Å². The van der Waals surface area contributed by atoms with Crippen molar-refractivity contribution in [3.8, 4) is 0 Å². The Bertz CT molecular complexity index is 792. The van der Waals surface area contributed by atoms with Crippen molar-refractivity contribution in [3.05, 3.63) is 48.0 Å². The SMILES string of the molecule is CC1CCC(C(Br)c2ccc3oc4ccccc4c3c2)O1. The maximum Gasteiger partial charge on any atom is 0.135 e. The lowest BCUT2D eigenvalue weighted by Gasteiger charge is -2.18. The van der Waals surface area contributed by atoms with Crippen LogP contribution in [-0.2, 0) is 4.74 Å². The maximum atomic E-state index is 5.99. The molecule has 1 aliphatic heterocycles. The summed E-state index contributed by atoms with van der Waals surface area (Å²) >= 11 is 3.82. The van der Waals surface area contributed by atoms with Crippen molar-refractivity contribution in [3.63, 3.8) is 0 Å².